The van der Waals surface area contributed by atoms with Gasteiger partial charge >= 0.3 is 0 Å². The molecule has 0 saturated carbocycles. The Bertz CT molecular complexity index is 739. The minimum Gasteiger partial charge on any atom is -0.359 e. The third-order valence-corrected chi connectivity index (χ3v) is 2.97. The van der Waals surface area contributed by atoms with Crippen LogP contribution < -0.4 is 4.90 Å². The van der Waals surface area contributed by atoms with Crippen LogP contribution in [0.4, 0.5) is 14.5 Å². The van der Waals surface area contributed by atoms with Crippen LogP contribution in [0.2, 0.25) is 0 Å². The first-order valence-electron chi connectivity index (χ1n) is 5.75. The van der Waals surface area contributed by atoms with Crippen LogP contribution in [0.3, 0.4) is 0 Å². The summed E-state index contributed by atoms with van der Waals surface area (Å²) in [6.07, 6.45) is 0. The fourth-order valence-electron chi connectivity index (χ4n) is 2.15. The summed E-state index contributed by atoms with van der Waals surface area (Å²) in [5, 5.41) is 3.64. The zero-order valence-corrected chi connectivity index (χ0v) is 10.3. The van der Waals surface area contributed by atoms with Gasteiger partial charge < -0.3 is 4.52 Å². The second kappa shape index (κ2) is 4.22. The molecule has 0 aliphatic carbocycles. The number of Topliss-reactive ketones (excluding diaryl/α,β-unsaturated/α-hetero) is 1. The maximum absolute atomic E-state index is 13.8. The molecule has 0 N–H and O–H groups in total. The molecule has 0 radical (unpaired) electrons. The number of fused-ring (bicyclic) bond motifs is 1. The number of benzene rings is 1. The van der Waals surface area contributed by atoms with Crippen molar-refractivity contribution in [1.82, 2.24) is 5.16 Å². The minimum atomic E-state index is -0.963. The van der Waals surface area contributed by atoms with E-state index in [1.807, 2.05) is 0 Å². The second-order valence-electron chi connectivity index (χ2n) is 4.44. The molecule has 0 saturated heterocycles. The van der Waals surface area contributed by atoms with E-state index in [0.29, 0.717) is 17.5 Å². The number of hydrogen-bond acceptors (Lipinski definition) is 4. The molecule has 5 nitrogen and oxygen atoms in total. The molecular formula is C13H8F2N2O3. The average Bonchev–Trinajstić information content (AvgIpc) is 2.88. The standard InChI is InChI=1S/C13H8F2N2O3/c1-6-2-8(20-16-6)5-17-11-9(12(18)13(17)19)3-7(14)4-10(11)15/h2-4H,5H2,1H3. The lowest BCUT2D eigenvalue weighted by Gasteiger charge is -2.14. The molecule has 102 valence electrons. The number of nitrogens with zero attached hydrogens (tertiary/aromatic N) is 2. The van der Waals surface area contributed by atoms with E-state index in [1.54, 1.807) is 13.0 Å². The third-order valence-electron chi connectivity index (χ3n) is 2.97. The van der Waals surface area contributed by atoms with Crippen LogP contribution in [0.15, 0.2) is 22.7 Å². The van der Waals surface area contributed by atoms with E-state index in [1.165, 1.54) is 0 Å². The number of halogens is 2. The Labute approximate surface area is 111 Å². The molecule has 1 aliphatic heterocycles. The number of carbonyl (C=O) groups excluding carboxylic acids is 2. The van der Waals surface area contributed by atoms with Gasteiger partial charge in [0.05, 0.1) is 23.5 Å². The van der Waals surface area contributed by atoms with Crippen molar-refractivity contribution in [2.75, 3.05) is 4.90 Å². The van der Waals surface area contributed by atoms with Gasteiger partial charge in [0.1, 0.15) is 5.82 Å². The highest BCUT2D eigenvalue weighted by Crippen LogP contribution is 2.33. The molecule has 7 heteroatoms. The highest BCUT2D eigenvalue weighted by molar-refractivity contribution is 6.52. The number of aryl methyl sites for hydroxylation is 1. The summed E-state index contributed by atoms with van der Waals surface area (Å²) in [5.41, 5.74) is 0.0944. The monoisotopic (exact) mass is 278 g/mol. The lowest BCUT2D eigenvalue weighted by atomic mass is 10.1. The van der Waals surface area contributed by atoms with Gasteiger partial charge in [-0.3, -0.25) is 14.5 Å². The van der Waals surface area contributed by atoms with Crippen LogP contribution >= 0.6 is 0 Å². The van der Waals surface area contributed by atoms with Gasteiger partial charge in [-0.15, -0.1) is 0 Å². The first kappa shape index (κ1) is 12.5. The summed E-state index contributed by atoms with van der Waals surface area (Å²) in [6, 6.07) is 3.05. The SMILES string of the molecule is Cc1cc(CN2C(=O)C(=O)c3cc(F)cc(F)c32)on1. The zero-order valence-electron chi connectivity index (χ0n) is 10.3. The van der Waals surface area contributed by atoms with Crippen LogP contribution in [0, 0.1) is 18.6 Å². The first-order chi connectivity index (χ1) is 9.47. The van der Waals surface area contributed by atoms with Crippen molar-refractivity contribution in [2.24, 2.45) is 0 Å². The zero-order chi connectivity index (χ0) is 14.4. The summed E-state index contributed by atoms with van der Waals surface area (Å²) in [4.78, 5) is 24.5. The molecule has 1 amide bonds. The van der Waals surface area contributed by atoms with Gasteiger partial charge in [0, 0.05) is 12.1 Å². The van der Waals surface area contributed by atoms with Crippen molar-refractivity contribution in [2.45, 2.75) is 13.5 Å². The van der Waals surface area contributed by atoms with Crippen molar-refractivity contribution in [1.29, 1.82) is 0 Å². The van der Waals surface area contributed by atoms with Crippen molar-refractivity contribution in [3.63, 3.8) is 0 Å². The normalized spacial score (nSPS) is 14.1. The number of amides is 1. The maximum Gasteiger partial charge on any atom is 0.299 e. The van der Waals surface area contributed by atoms with Crippen LogP contribution in [0.25, 0.3) is 0 Å². The first-order valence-corrected chi connectivity index (χ1v) is 5.75. The Morgan fingerprint density at radius 2 is 2.00 bits per heavy atom. The van der Waals surface area contributed by atoms with Crippen LogP contribution in [0.5, 0.6) is 0 Å². The number of anilines is 1. The number of ketones is 1. The van der Waals surface area contributed by atoms with E-state index in [2.05, 4.69) is 5.16 Å². The van der Waals surface area contributed by atoms with E-state index in [9.17, 15) is 18.4 Å². The molecule has 0 fully saturated rings. The molecule has 2 heterocycles. The molecule has 0 atom stereocenters. The molecule has 1 aromatic heterocycles. The summed E-state index contributed by atoms with van der Waals surface area (Å²) >= 11 is 0. The Hall–Kier alpha value is -2.57. The molecule has 0 spiro atoms. The van der Waals surface area contributed by atoms with Crippen LogP contribution in [0.1, 0.15) is 21.8 Å². The van der Waals surface area contributed by atoms with E-state index in [0.717, 1.165) is 11.0 Å². The van der Waals surface area contributed by atoms with Gasteiger partial charge in [0.25, 0.3) is 11.7 Å². The van der Waals surface area contributed by atoms with Gasteiger partial charge in [-0.05, 0) is 13.0 Å². The highest BCUT2D eigenvalue weighted by atomic mass is 19.1. The average molecular weight is 278 g/mol. The molecule has 0 unspecified atom stereocenters. The minimum absolute atomic E-state index is 0.138. The second-order valence-corrected chi connectivity index (χ2v) is 4.44. The van der Waals surface area contributed by atoms with Gasteiger partial charge in [0.15, 0.2) is 11.6 Å². The molecule has 0 bridgehead atoms. The molecule has 1 aliphatic rings. The Morgan fingerprint density at radius 1 is 1.25 bits per heavy atom. The number of carbonyl (C=O) groups is 2. The van der Waals surface area contributed by atoms with Crippen LogP contribution in [-0.2, 0) is 11.3 Å². The summed E-state index contributed by atoms with van der Waals surface area (Å²) in [7, 11) is 0. The number of hydrogen-bond donors (Lipinski definition) is 0. The smallest absolute Gasteiger partial charge is 0.299 e. The van der Waals surface area contributed by atoms with Crippen molar-refractivity contribution in [3.8, 4) is 0 Å². The summed E-state index contributed by atoms with van der Waals surface area (Å²) in [6.45, 7) is 1.55. The quantitative estimate of drug-likeness (QED) is 0.788. The maximum atomic E-state index is 13.8. The lowest BCUT2D eigenvalue weighted by Crippen LogP contribution is -2.29. The van der Waals surface area contributed by atoms with Crippen molar-refractivity contribution in [3.05, 3.63) is 46.9 Å². The predicted molar refractivity (Wildman–Crippen MR) is 63.1 cm³/mol. The fourth-order valence-corrected chi connectivity index (χ4v) is 2.15. The highest BCUT2D eigenvalue weighted by Gasteiger charge is 2.39. The Morgan fingerprint density at radius 3 is 2.65 bits per heavy atom. The van der Waals surface area contributed by atoms with E-state index < -0.39 is 23.3 Å². The van der Waals surface area contributed by atoms with Gasteiger partial charge in [0.2, 0.25) is 0 Å². The van der Waals surface area contributed by atoms with Crippen LogP contribution in [-0.4, -0.2) is 16.8 Å². The van der Waals surface area contributed by atoms with Gasteiger partial charge in [-0.2, -0.15) is 0 Å². The van der Waals surface area contributed by atoms with E-state index in [4.69, 9.17) is 4.52 Å². The topological polar surface area (TPSA) is 63.4 Å². The summed E-state index contributed by atoms with van der Waals surface area (Å²) in [5.74, 6) is -3.41. The van der Waals surface area contributed by atoms with Gasteiger partial charge in [-0.1, -0.05) is 5.16 Å². The molecule has 1 aromatic carbocycles. The fraction of sp³-hybridized carbons (Fsp3) is 0.154. The van der Waals surface area contributed by atoms with Gasteiger partial charge in [-0.25, -0.2) is 8.78 Å². The third kappa shape index (κ3) is 1.78. The number of aromatic nitrogens is 1. The predicted octanol–water partition coefficient (Wildman–Crippen LogP) is 1.99. The Balaban J connectivity index is 2.06. The molecular weight excluding hydrogens is 270 g/mol. The van der Waals surface area contributed by atoms with Crippen molar-refractivity contribution >= 4 is 17.4 Å². The molecule has 3 rings (SSSR count). The largest absolute Gasteiger partial charge is 0.359 e. The van der Waals surface area contributed by atoms with Crippen molar-refractivity contribution < 1.29 is 22.9 Å². The Kier molecular flexibility index (Phi) is 2.63. The number of rotatable bonds is 2. The summed E-state index contributed by atoms with van der Waals surface area (Å²) < 4.78 is 31.9. The molecule has 20 heavy (non-hydrogen) atoms. The van der Waals surface area contributed by atoms with E-state index in [-0.39, 0.29) is 17.8 Å². The lowest BCUT2D eigenvalue weighted by molar-refractivity contribution is -0.114. The molecule has 2 aromatic rings. The van der Waals surface area contributed by atoms with E-state index >= 15 is 0 Å².